The van der Waals surface area contributed by atoms with Gasteiger partial charge in [-0.25, -0.2) is 0 Å². The molecule has 3 heteroatoms. The van der Waals surface area contributed by atoms with Crippen molar-refractivity contribution in [3.63, 3.8) is 0 Å². The molecule has 0 heterocycles. The molecule has 1 aliphatic carbocycles. The van der Waals surface area contributed by atoms with Crippen molar-refractivity contribution in [2.45, 2.75) is 59.0 Å². The number of nitrogens with two attached hydrogens (primary N) is 1. The van der Waals surface area contributed by atoms with Crippen LogP contribution in [0.3, 0.4) is 0 Å². The second kappa shape index (κ2) is 6.50. The van der Waals surface area contributed by atoms with E-state index < -0.39 is 0 Å². The van der Waals surface area contributed by atoms with Crippen LogP contribution >= 0.6 is 0 Å². The summed E-state index contributed by atoms with van der Waals surface area (Å²) in [5.41, 5.74) is 7.84. The van der Waals surface area contributed by atoms with E-state index in [-0.39, 0.29) is 17.5 Å². The van der Waals surface area contributed by atoms with E-state index in [9.17, 15) is 4.79 Å². The van der Waals surface area contributed by atoms with E-state index in [1.165, 1.54) is 6.42 Å². The lowest BCUT2D eigenvalue weighted by molar-refractivity contribution is -0.153. The number of carbonyl (C=O) groups is 1. The highest BCUT2D eigenvalue weighted by atomic mass is 16.5. The summed E-state index contributed by atoms with van der Waals surface area (Å²) in [6.07, 6.45) is 4.38. The van der Waals surface area contributed by atoms with Gasteiger partial charge in [0, 0.05) is 12.1 Å². The first-order valence-electron chi connectivity index (χ1n) is 7.88. The molecule has 2 N–H and O–H groups in total. The molecule has 0 aromatic heterocycles. The third kappa shape index (κ3) is 5.07. The van der Waals surface area contributed by atoms with Crippen molar-refractivity contribution < 1.29 is 9.53 Å². The highest BCUT2D eigenvalue weighted by molar-refractivity contribution is 5.70. The first-order chi connectivity index (χ1) is 9.84. The summed E-state index contributed by atoms with van der Waals surface area (Å²) >= 11 is 0. The maximum Gasteiger partial charge on any atom is 0.306 e. The van der Waals surface area contributed by atoms with Crippen molar-refractivity contribution in [1.82, 2.24) is 0 Å². The summed E-state index contributed by atoms with van der Waals surface area (Å²) in [6.45, 7) is 6.76. The molecule has 0 aliphatic heterocycles. The second-order valence-electron chi connectivity index (χ2n) is 7.27. The first kappa shape index (κ1) is 15.9. The fraction of sp³-hybridized carbons (Fsp3) is 0.611. The second-order valence-corrected chi connectivity index (χ2v) is 7.27. The zero-order valence-electron chi connectivity index (χ0n) is 13.4. The van der Waals surface area contributed by atoms with Gasteiger partial charge in [0.1, 0.15) is 6.10 Å². The van der Waals surface area contributed by atoms with Crippen LogP contribution in [0.2, 0.25) is 0 Å². The predicted octanol–water partition coefficient (Wildman–Crippen LogP) is 3.96. The molecule has 2 atom stereocenters. The van der Waals surface area contributed by atoms with Crippen molar-refractivity contribution in [3.05, 3.63) is 29.8 Å². The molecule has 2 unspecified atom stereocenters. The summed E-state index contributed by atoms with van der Waals surface area (Å²) in [6, 6.07) is 7.68. The molecule has 1 aromatic carbocycles. The highest BCUT2D eigenvalue weighted by Gasteiger charge is 2.33. The zero-order chi connectivity index (χ0) is 15.5. The molecule has 2 rings (SSSR count). The van der Waals surface area contributed by atoms with Gasteiger partial charge in [-0.1, -0.05) is 32.9 Å². The van der Waals surface area contributed by atoms with Crippen LogP contribution in [0.4, 0.5) is 5.69 Å². The van der Waals surface area contributed by atoms with E-state index in [2.05, 4.69) is 20.8 Å². The molecule has 0 saturated heterocycles. The minimum Gasteiger partial charge on any atom is -0.462 e. The Bertz CT molecular complexity index is 496. The predicted molar refractivity (Wildman–Crippen MR) is 85.9 cm³/mol. The Morgan fingerprint density at radius 3 is 2.81 bits per heavy atom. The normalized spacial score (nSPS) is 24.5. The molecule has 1 aromatic rings. The summed E-state index contributed by atoms with van der Waals surface area (Å²) in [7, 11) is 0. The molecule has 116 valence electrons. The fourth-order valence-corrected chi connectivity index (χ4v) is 3.59. The Morgan fingerprint density at radius 2 is 2.14 bits per heavy atom. The first-order valence-corrected chi connectivity index (χ1v) is 7.88. The van der Waals surface area contributed by atoms with Crippen molar-refractivity contribution in [2.75, 3.05) is 5.73 Å². The minimum absolute atomic E-state index is 0.0806. The van der Waals surface area contributed by atoms with Crippen molar-refractivity contribution >= 4 is 11.7 Å². The third-order valence-electron chi connectivity index (χ3n) is 4.21. The van der Waals surface area contributed by atoms with Crippen LogP contribution in [0.15, 0.2) is 24.3 Å². The Morgan fingerprint density at radius 1 is 1.38 bits per heavy atom. The van der Waals surface area contributed by atoms with Crippen LogP contribution in [-0.4, -0.2) is 12.1 Å². The number of carbonyl (C=O) groups excluding carboxylic acids is 1. The molecule has 0 radical (unpaired) electrons. The summed E-state index contributed by atoms with van der Waals surface area (Å²) < 4.78 is 5.68. The van der Waals surface area contributed by atoms with E-state index in [1.807, 2.05) is 24.3 Å². The fourth-order valence-electron chi connectivity index (χ4n) is 3.59. The summed E-state index contributed by atoms with van der Waals surface area (Å²) in [4.78, 5) is 12.0. The lowest BCUT2D eigenvalue weighted by Crippen LogP contribution is -2.34. The maximum absolute atomic E-state index is 12.0. The number of nitrogen functional groups attached to an aromatic ring is 1. The van der Waals surface area contributed by atoms with Gasteiger partial charge in [-0.2, -0.15) is 0 Å². The molecular formula is C18H27NO2. The average Bonchev–Trinajstić information content (AvgIpc) is 2.34. The summed E-state index contributed by atoms with van der Waals surface area (Å²) in [5.74, 6) is 0.535. The van der Waals surface area contributed by atoms with Gasteiger partial charge in [-0.05, 0) is 54.7 Å². The van der Waals surface area contributed by atoms with Gasteiger partial charge in [0.05, 0.1) is 0 Å². The van der Waals surface area contributed by atoms with Crippen LogP contribution in [0, 0.1) is 11.3 Å². The lowest BCUT2D eigenvalue weighted by atomic mass is 9.71. The molecule has 3 nitrogen and oxygen atoms in total. The molecule has 0 amide bonds. The van der Waals surface area contributed by atoms with E-state index >= 15 is 0 Å². The number of anilines is 1. The Kier molecular flexibility index (Phi) is 4.92. The van der Waals surface area contributed by atoms with Gasteiger partial charge in [-0.3, -0.25) is 4.79 Å². The van der Waals surface area contributed by atoms with E-state index in [1.54, 1.807) is 0 Å². The van der Waals surface area contributed by atoms with Gasteiger partial charge in [0.2, 0.25) is 0 Å². The van der Waals surface area contributed by atoms with Gasteiger partial charge < -0.3 is 10.5 Å². The zero-order valence-corrected chi connectivity index (χ0v) is 13.4. The van der Waals surface area contributed by atoms with E-state index in [4.69, 9.17) is 10.5 Å². The Balaban J connectivity index is 1.82. The van der Waals surface area contributed by atoms with E-state index in [0.29, 0.717) is 18.8 Å². The van der Waals surface area contributed by atoms with Gasteiger partial charge >= 0.3 is 5.97 Å². The Labute approximate surface area is 127 Å². The molecule has 1 aliphatic rings. The smallest absolute Gasteiger partial charge is 0.306 e. The number of esters is 1. The molecule has 1 saturated carbocycles. The monoisotopic (exact) mass is 289 g/mol. The number of aryl methyl sites for hydroxylation is 1. The quantitative estimate of drug-likeness (QED) is 0.674. The number of hydrogen-bond donors (Lipinski definition) is 1. The number of rotatable bonds is 4. The number of hydrogen-bond acceptors (Lipinski definition) is 3. The molecule has 1 fully saturated rings. The largest absolute Gasteiger partial charge is 0.462 e. The number of ether oxygens (including phenoxy) is 1. The summed E-state index contributed by atoms with van der Waals surface area (Å²) in [5, 5.41) is 0. The van der Waals surface area contributed by atoms with Crippen molar-refractivity contribution in [1.29, 1.82) is 0 Å². The standard InChI is InChI=1S/C18H27NO2/c1-13-9-16(12-18(2,3)11-13)21-17(20)8-7-14-5-4-6-15(19)10-14/h4-6,10,13,16H,7-9,11-12,19H2,1-3H3. The minimum atomic E-state index is -0.0904. The third-order valence-corrected chi connectivity index (χ3v) is 4.21. The topological polar surface area (TPSA) is 52.3 Å². The van der Waals surface area contributed by atoms with Crippen LogP contribution in [-0.2, 0) is 16.0 Å². The van der Waals surface area contributed by atoms with E-state index in [0.717, 1.165) is 24.1 Å². The van der Waals surface area contributed by atoms with Gasteiger partial charge in [0.25, 0.3) is 0 Å². The van der Waals surface area contributed by atoms with Crippen LogP contribution in [0.5, 0.6) is 0 Å². The van der Waals surface area contributed by atoms with Crippen LogP contribution in [0.1, 0.15) is 52.0 Å². The van der Waals surface area contributed by atoms with Gasteiger partial charge in [-0.15, -0.1) is 0 Å². The van der Waals surface area contributed by atoms with Crippen molar-refractivity contribution in [3.8, 4) is 0 Å². The maximum atomic E-state index is 12.0. The van der Waals surface area contributed by atoms with Gasteiger partial charge in [0.15, 0.2) is 0 Å². The molecule has 0 bridgehead atoms. The van der Waals surface area contributed by atoms with Crippen molar-refractivity contribution in [2.24, 2.45) is 11.3 Å². The lowest BCUT2D eigenvalue weighted by Gasteiger charge is -2.38. The highest BCUT2D eigenvalue weighted by Crippen LogP contribution is 2.39. The van der Waals surface area contributed by atoms with Crippen LogP contribution < -0.4 is 5.73 Å². The molecular weight excluding hydrogens is 262 g/mol. The SMILES string of the molecule is CC1CC(OC(=O)CCc2cccc(N)c2)CC(C)(C)C1. The molecule has 21 heavy (non-hydrogen) atoms. The van der Waals surface area contributed by atoms with Crippen LogP contribution in [0.25, 0.3) is 0 Å². The Hall–Kier alpha value is -1.51. The molecule has 0 spiro atoms. The average molecular weight is 289 g/mol. The number of benzene rings is 1.